The van der Waals surface area contributed by atoms with Gasteiger partial charge in [-0.2, -0.15) is 4.31 Å². The number of hydrogen-bond acceptors (Lipinski definition) is 7. The van der Waals surface area contributed by atoms with Crippen molar-refractivity contribution in [2.24, 2.45) is 0 Å². The lowest BCUT2D eigenvalue weighted by Crippen LogP contribution is -2.35. The summed E-state index contributed by atoms with van der Waals surface area (Å²) in [6.07, 6.45) is 2.57. The Kier molecular flexibility index (Phi) is 7.22. The molecule has 1 amide bonds. The molecule has 1 atom stereocenters. The van der Waals surface area contributed by atoms with Crippen LogP contribution in [0.2, 0.25) is 5.02 Å². The molecule has 11 heteroatoms. The molecule has 0 aliphatic carbocycles. The van der Waals surface area contributed by atoms with Crippen molar-refractivity contribution in [1.29, 1.82) is 0 Å². The van der Waals surface area contributed by atoms with Gasteiger partial charge in [-0.25, -0.2) is 13.2 Å². The van der Waals surface area contributed by atoms with Crippen molar-refractivity contribution < 1.29 is 32.2 Å². The quantitative estimate of drug-likeness (QED) is 0.651. The molecule has 0 spiro atoms. The van der Waals surface area contributed by atoms with E-state index in [0.717, 1.165) is 25.5 Å². The van der Waals surface area contributed by atoms with Crippen LogP contribution in [0, 0.1) is 0 Å². The molecule has 9 nitrogen and oxygen atoms in total. The number of carbonyl (C=O) groups excluding carboxylic acids is 2. The summed E-state index contributed by atoms with van der Waals surface area (Å²) in [6.45, 7) is 2.82. The highest BCUT2D eigenvalue weighted by Crippen LogP contribution is 2.28. The monoisotopic (exact) mass is 458 g/mol. The van der Waals surface area contributed by atoms with E-state index in [9.17, 15) is 18.0 Å². The van der Waals surface area contributed by atoms with Crippen molar-refractivity contribution in [2.45, 2.75) is 37.2 Å². The maximum absolute atomic E-state index is 12.9. The first-order chi connectivity index (χ1) is 14.3. The van der Waals surface area contributed by atoms with E-state index in [1.807, 2.05) is 0 Å². The summed E-state index contributed by atoms with van der Waals surface area (Å²) in [5, 5.41) is 2.67. The smallest absolute Gasteiger partial charge is 0.377 e. The number of esters is 1. The van der Waals surface area contributed by atoms with Crippen molar-refractivity contribution in [3.05, 3.63) is 35.2 Å². The second-order valence-corrected chi connectivity index (χ2v) is 9.19. The number of benzene rings is 1. The third kappa shape index (κ3) is 5.24. The van der Waals surface area contributed by atoms with Crippen LogP contribution in [0.4, 0.5) is 5.69 Å². The molecule has 0 aromatic heterocycles. The average Bonchev–Trinajstić information content (AvgIpc) is 2.76. The van der Waals surface area contributed by atoms with Crippen LogP contribution < -0.4 is 5.32 Å². The third-order valence-corrected chi connectivity index (χ3v) is 6.88. The Bertz CT molecular complexity index is 942. The van der Waals surface area contributed by atoms with Gasteiger partial charge >= 0.3 is 5.97 Å². The summed E-state index contributed by atoms with van der Waals surface area (Å²) in [4.78, 5) is 24.5. The average molecular weight is 459 g/mol. The van der Waals surface area contributed by atoms with Gasteiger partial charge in [-0.3, -0.25) is 4.79 Å². The molecule has 30 heavy (non-hydrogen) atoms. The van der Waals surface area contributed by atoms with Crippen LogP contribution in [0.25, 0.3) is 0 Å². The van der Waals surface area contributed by atoms with Gasteiger partial charge in [-0.05, 0) is 38.0 Å². The van der Waals surface area contributed by atoms with E-state index in [-0.39, 0.29) is 28.0 Å². The van der Waals surface area contributed by atoms with Crippen molar-refractivity contribution in [2.75, 3.05) is 31.6 Å². The number of sulfonamides is 1. The summed E-state index contributed by atoms with van der Waals surface area (Å²) >= 11 is 6.13. The van der Waals surface area contributed by atoms with Crippen LogP contribution in [-0.4, -0.2) is 57.0 Å². The summed E-state index contributed by atoms with van der Waals surface area (Å²) in [7, 11) is -3.69. The normalized spacial score (nSPS) is 18.4. The van der Waals surface area contributed by atoms with E-state index in [1.54, 1.807) is 0 Å². The SMILES string of the molecule is C[C@H](OC(=O)C1=COCCO1)C(=O)Nc1cc(S(=O)(=O)N2CCCCC2)ccc1Cl. The van der Waals surface area contributed by atoms with Gasteiger partial charge in [0.1, 0.15) is 19.5 Å². The van der Waals surface area contributed by atoms with Crippen LogP contribution in [-0.2, 0) is 33.8 Å². The number of anilines is 1. The number of nitrogens with one attached hydrogen (secondary N) is 1. The van der Waals surface area contributed by atoms with Crippen LogP contribution in [0.5, 0.6) is 0 Å². The Morgan fingerprint density at radius 1 is 1.20 bits per heavy atom. The van der Waals surface area contributed by atoms with E-state index in [4.69, 9.17) is 25.8 Å². The molecular weight excluding hydrogens is 436 g/mol. The van der Waals surface area contributed by atoms with E-state index in [0.29, 0.717) is 19.7 Å². The predicted octanol–water partition coefficient (Wildman–Crippen LogP) is 2.27. The minimum atomic E-state index is -3.69. The molecule has 1 aromatic carbocycles. The van der Waals surface area contributed by atoms with E-state index >= 15 is 0 Å². The van der Waals surface area contributed by atoms with Crippen LogP contribution in [0.15, 0.2) is 35.1 Å². The highest BCUT2D eigenvalue weighted by Gasteiger charge is 2.28. The van der Waals surface area contributed by atoms with Gasteiger partial charge in [-0.1, -0.05) is 18.0 Å². The van der Waals surface area contributed by atoms with Crippen molar-refractivity contribution in [3.63, 3.8) is 0 Å². The molecule has 0 saturated carbocycles. The van der Waals surface area contributed by atoms with Gasteiger partial charge in [0.25, 0.3) is 5.91 Å². The predicted molar refractivity (Wildman–Crippen MR) is 108 cm³/mol. The third-order valence-electron chi connectivity index (χ3n) is 4.65. The molecular formula is C19H23ClN2O7S. The van der Waals surface area contributed by atoms with Gasteiger partial charge in [0.2, 0.25) is 15.8 Å². The first-order valence-corrected chi connectivity index (χ1v) is 11.4. The number of rotatable bonds is 6. The second-order valence-electron chi connectivity index (χ2n) is 6.84. The molecule has 0 bridgehead atoms. The van der Waals surface area contributed by atoms with E-state index in [1.165, 1.54) is 29.4 Å². The number of nitrogens with zero attached hydrogens (tertiary/aromatic N) is 1. The Labute approximate surface area is 180 Å². The summed E-state index contributed by atoms with van der Waals surface area (Å²) < 4.78 is 42.3. The molecule has 2 aliphatic heterocycles. The molecule has 1 N–H and O–H groups in total. The molecule has 1 fully saturated rings. The summed E-state index contributed by atoms with van der Waals surface area (Å²) in [5.74, 6) is -1.64. The lowest BCUT2D eigenvalue weighted by molar-refractivity contribution is -0.153. The second kappa shape index (κ2) is 9.67. The van der Waals surface area contributed by atoms with Crippen LogP contribution >= 0.6 is 11.6 Å². The minimum Gasteiger partial charge on any atom is -0.493 e. The molecule has 2 aliphatic rings. The Morgan fingerprint density at radius 2 is 1.93 bits per heavy atom. The van der Waals surface area contributed by atoms with Gasteiger partial charge in [-0.15, -0.1) is 0 Å². The van der Waals surface area contributed by atoms with Gasteiger partial charge in [0, 0.05) is 13.1 Å². The number of carbonyl (C=O) groups is 2. The summed E-state index contributed by atoms with van der Waals surface area (Å²) in [5.41, 5.74) is 0.110. The molecule has 0 radical (unpaired) electrons. The fraction of sp³-hybridized carbons (Fsp3) is 0.474. The Balaban J connectivity index is 1.69. The number of piperidine rings is 1. The fourth-order valence-corrected chi connectivity index (χ4v) is 4.71. The number of hydrogen-bond donors (Lipinski definition) is 1. The maximum atomic E-state index is 12.9. The molecule has 3 rings (SSSR count). The van der Waals surface area contributed by atoms with Gasteiger partial charge in [0.15, 0.2) is 6.10 Å². The molecule has 164 valence electrons. The Hall–Kier alpha value is -2.30. The van der Waals surface area contributed by atoms with Crippen LogP contribution in [0.1, 0.15) is 26.2 Å². The molecule has 1 aromatic rings. The van der Waals surface area contributed by atoms with Gasteiger partial charge < -0.3 is 19.5 Å². The highest BCUT2D eigenvalue weighted by molar-refractivity contribution is 7.89. The standard InChI is InChI=1S/C19H23ClN2O7S/c1-13(29-19(24)17-12-27-9-10-28-17)18(23)21-16-11-14(5-6-15(16)20)30(25,26)22-7-3-2-4-8-22/h5-6,11-13H,2-4,7-10H2,1H3,(H,21,23)/t13-/m0/s1. The molecule has 2 heterocycles. The highest BCUT2D eigenvalue weighted by atomic mass is 35.5. The van der Waals surface area contributed by atoms with E-state index < -0.39 is 28.0 Å². The van der Waals surface area contributed by atoms with Crippen molar-refractivity contribution >= 4 is 39.2 Å². The first kappa shape index (κ1) is 22.4. The molecule has 1 saturated heterocycles. The zero-order chi connectivity index (χ0) is 21.7. The number of ether oxygens (including phenoxy) is 3. The largest absolute Gasteiger partial charge is 0.493 e. The number of halogens is 1. The lowest BCUT2D eigenvalue weighted by Gasteiger charge is -2.26. The topological polar surface area (TPSA) is 111 Å². The maximum Gasteiger partial charge on any atom is 0.377 e. The minimum absolute atomic E-state index is 0.0339. The number of amides is 1. The first-order valence-electron chi connectivity index (χ1n) is 9.55. The van der Waals surface area contributed by atoms with Crippen LogP contribution in [0.3, 0.4) is 0 Å². The van der Waals surface area contributed by atoms with E-state index in [2.05, 4.69) is 5.32 Å². The lowest BCUT2D eigenvalue weighted by atomic mass is 10.2. The van der Waals surface area contributed by atoms with Crippen molar-refractivity contribution in [3.8, 4) is 0 Å². The van der Waals surface area contributed by atoms with Gasteiger partial charge in [0.05, 0.1) is 15.6 Å². The fourth-order valence-electron chi connectivity index (χ4n) is 3.00. The zero-order valence-corrected chi connectivity index (χ0v) is 18.0. The summed E-state index contributed by atoms with van der Waals surface area (Å²) in [6, 6.07) is 4.11. The zero-order valence-electron chi connectivity index (χ0n) is 16.4. The molecule has 0 unspecified atom stereocenters. The van der Waals surface area contributed by atoms with Crippen molar-refractivity contribution in [1.82, 2.24) is 4.31 Å². The Morgan fingerprint density at radius 3 is 2.60 bits per heavy atom.